The highest BCUT2D eigenvalue weighted by atomic mass is 19.4. The molecular weight excluding hydrogens is 281 g/mol. The van der Waals surface area contributed by atoms with Gasteiger partial charge in [0.1, 0.15) is 0 Å². The molecule has 2 rings (SSSR count). The molecule has 1 atom stereocenters. The Morgan fingerprint density at radius 3 is 2.33 bits per heavy atom. The zero-order chi connectivity index (χ0) is 15.3. The number of rotatable bonds is 5. The summed E-state index contributed by atoms with van der Waals surface area (Å²) in [6.45, 7) is 1.08. The molecule has 1 aliphatic rings. The highest BCUT2D eigenvalue weighted by molar-refractivity contribution is 5.28. The van der Waals surface area contributed by atoms with Crippen LogP contribution in [0, 0.1) is 0 Å². The Labute approximate surface area is 122 Å². The van der Waals surface area contributed by atoms with Gasteiger partial charge in [0.15, 0.2) is 0 Å². The van der Waals surface area contributed by atoms with Crippen LogP contribution in [0.1, 0.15) is 31.2 Å². The summed E-state index contributed by atoms with van der Waals surface area (Å²) in [6.07, 6.45) is -3.70. The summed E-state index contributed by atoms with van der Waals surface area (Å²) in [7, 11) is 0. The predicted molar refractivity (Wildman–Crippen MR) is 74.6 cm³/mol. The predicted octanol–water partition coefficient (Wildman–Crippen LogP) is 2.91. The van der Waals surface area contributed by atoms with E-state index in [9.17, 15) is 13.2 Å². The third-order valence-electron chi connectivity index (χ3n) is 4.32. The van der Waals surface area contributed by atoms with Crippen LogP contribution in [0.15, 0.2) is 30.3 Å². The zero-order valence-electron chi connectivity index (χ0n) is 11.8. The first-order chi connectivity index (χ1) is 9.98. The maximum absolute atomic E-state index is 12.6. The Bertz CT molecular complexity index is 430. The molecule has 118 valence electrons. The van der Waals surface area contributed by atoms with Gasteiger partial charge < -0.3 is 4.74 Å². The zero-order valence-corrected chi connectivity index (χ0v) is 11.8. The number of hydrogen-bond acceptors (Lipinski definition) is 3. The van der Waals surface area contributed by atoms with E-state index in [1.807, 2.05) is 30.3 Å². The van der Waals surface area contributed by atoms with E-state index in [1.54, 1.807) is 0 Å². The number of benzene rings is 1. The van der Waals surface area contributed by atoms with Crippen molar-refractivity contribution in [3.05, 3.63) is 35.9 Å². The Kier molecular flexibility index (Phi) is 5.24. The van der Waals surface area contributed by atoms with Gasteiger partial charge in [0.2, 0.25) is 0 Å². The van der Waals surface area contributed by atoms with Gasteiger partial charge in [-0.05, 0) is 24.8 Å². The molecular formula is C15H21F3N2O. The van der Waals surface area contributed by atoms with E-state index in [1.165, 1.54) is 0 Å². The van der Waals surface area contributed by atoms with Gasteiger partial charge in [-0.15, -0.1) is 0 Å². The Hall–Kier alpha value is -1.11. The van der Waals surface area contributed by atoms with E-state index in [2.05, 4.69) is 5.43 Å². The number of nitrogens with two attached hydrogens (primary N) is 1. The van der Waals surface area contributed by atoms with Crippen LogP contribution in [-0.2, 0) is 10.2 Å². The molecule has 0 radical (unpaired) electrons. The highest BCUT2D eigenvalue weighted by Gasteiger charge is 2.42. The third kappa shape index (κ3) is 3.96. The molecule has 1 saturated heterocycles. The largest absolute Gasteiger partial charge is 0.389 e. The average Bonchev–Trinajstić information content (AvgIpc) is 2.48. The summed E-state index contributed by atoms with van der Waals surface area (Å²) in [5, 5.41) is 0. The van der Waals surface area contributed by atoms with Crippen molar-refractivity contribution in [2.24, 2.45) is 5.84 Å². The van der Waals surface area contributed by atoms with Crippen LogP contribution in [0.25, 0.3) is 0 Å². The molecule has 0 aromatic heterocycles. The molecule has 3 nitrogen and oxygen atoms in total. The van der Waals surface area contributed by atoms with E-state index in [0.717, 1.165) is 5.56 Å². The fraction of sp³-hybridized carbons (Fsp3) is 0.600. The summed E-state index contributed by atoms with van der Waals surface area (Å²) in [6, 6.07) is 9.21. The van der Waals surface area contributed by atoms with Crippen LogP contribution in [0.4, 0.5) is 13.2 Å². The van der Waals surface area contributed by atoms with Gasteiger partial charge in [-0.2, -0.15) is 13.2 Å². The molecule has 0 amide bonds. The first kappa shape index (κ1) is 16.3. The van der Waals surface area contributed by atoms with Gasteiger partial charge in [0.25, 0.3) is 0 Å². The number of nitrogens with one attached hydrogen (secondary N) is 1. The lowest BCUT2D eigenvalue weighted by Gasteiger charge is -2.44. The lowest BCUT2D eigenvalue weighted by atomic mass is 9.67. The monoisotopic (exact) mass is 302 g/mol. The van der Waals surface area contributed by atoms with Gasteiger partial charge in [0.05, 0.1) is 0 Å². The molecule has 0 bridgehead atoms. The molecule has 1 unspecified atom stereocenters. The lowest BCUT2D eigenvalue weighted by molar-refractivity contribution is -0.138. The van der Waals surface area contributed by atoms with Crippen LogP contribution in [-0.4, -0.2) is 25.4 Å². The molecule has 6 heteroatoms. The Balaban J connectivity index is 2.25. The fourth-order valence-corrected chi connectivity index (χ4v) is 3.17. The van der Waals surface area contributed by atoms with Crippen molar-refractivity contribution in [2.75, 3.05) is 13.2 Å². The second-order valence-corrected chi connectivity index (χ2v) is 5.51. The van der Waals surface area contributed by atoms with Crippen molar-refractivity contribution < 1.29 is 17.9 Å². The van der Waals surface area contributed by atoms with Gasteiger partial charge in [-0.3, -0.25) is 11.3 Å². The van der Waals surface area contributed by atoms with Gasteiger partial charge in [-0.25, -0.2) is 0 Å². The second kappa shape index (κ2) is 6.77. The number of hydrazine groups is 1. The molecule has 1 aromatic rings. The smallest absolute Gasteiger partial charge is 0.381 e. The highest BCUT2D eigenvalue weighted by Crippen LogP contribution is 2.40. The van der Waals surface area contributed by atoms with E-state index in [4.69, 9.17) is 10.6 Å². The molecule has 1 heterocycles. The first-order valence-electron chi connectivity index (χ1n) is 7.14. The van der Waals surface area contributed by atoms with E-state index in [-0.39, 0.29) is 6.42 Å². The van der Waals surface area contributed by atoms with Crippen molar-refractivity contribution in [1.29, 1.82) is 0 Å². The topological polar surface area (TPSA) is 47.3 Å². The molecule has 0 aliphatic carbocycles. The number of halogens is 3. The van der Waals surface area contributed by atoms with Crippen LogP contribution in [0.2, 0.25) is 0 Å². The van der Waals surface area contributed by atoms with Crippen LogP contribution in [0.3, 0.4) is 0 Å². The SMILES string of the molecule is NNC(CCC(F)(F)F)C1(c2ccccc2)CCOCC1. The average molecular weight is 302 g/mol. The van der Waals surface area contributed by atoms with E-state index >= 15 is 0 Å². The minimum atomic E-state index is -4.17. The second-order valence-electron chi connectivity index (χ2n) is 5.51. The number of ether oxygens (including phenoxy) is 1. The molecule has 3 N–H and O–H groups in total. The van der Waals surface area contributed by atoms with Crippen LogP contribution >= 0.6 is 0 Å². The standard InChI is InChI=1S/C15H21F3N2O/c16-15(17,18)7-6-13(20-19)14(8-10-21-11-9-14)12-4-2-1-3-5-12/h1-5,13,20H,6-11,19H2. The lowest BCUT2D eigenvalue weighted by Crippen LogP contribution is -2.54. The van der Waals surface area contributed by atoms with Crippen LogP contribution < -0.4 is 11.3 Å². The molecule has 1 fully saturated rings. The minimum Gasteiger partial charge on any atom is -0.381 e. The van der Waals surface area contributed by atoms with Crippen molar-refractivity contribution in [1.82, 2.24) is 5.43 Å². The number of hydrogen-bond donors (Lipinski definition) is 2. The molecule has 1 aliphatic heterocycles. The number of alkyl halides is 3. The molecule has 0 saturated carbocycles. The van der Waals surface area contributed by atoms with Crippen molar-refractivity contribution >= 4 is 0 Å². The Morgan fingerprint density at radius 2 is 1.81 bits per heavy atom. The quantitative estimate of drug-likeness (QED) is 0.649. The molecule has 21 heavy (non-hydrogen) atoms. The first-order valence-corrected chi connectivity index (χ1v) is 7.14. The van der Waals surface area contributed by atoms with Gasteiger partial charge >= 0.3 is 6.18 Å². The van der Waals surface area contributed by atoms with Crippen molar-refractivity contribution in [3.8, 4) is 0 Å². The summed E-state index contributed by atoms with van der Waals surface area (Å²) >= 11 is 0. The summed E-state index contributed by atoms with van der Waals surface area (Å²) in [5.74, 6) is 5.60. The Morgan fingerprint density at radius 1 is 1.19 bits per heavy atom. The van der Waals surface area contributed by atoms with Crippen LogP contribution in [0.5, 0.6) is 0 Å². The van der Waals surface area contributed by atoms with E-state index < -0.39 is 24.1 Å². The van der Waals surface area contributed by atoms with Crippen molar-refractivity contribution in [3.63, 3.8) is 0 Å². The van der Waals surface area contributed by atoms with E-state index in [0.29, 0.717) is 26.1 Å². The van der Waals surface area contributed by atoms with Gasteiger partial charge in [0, 0.05) is 31.1 Å². The maximum atomic E-state index is 12.6. The minimum absolute atomic E-state index is 0.0328. The van der Waals surface area contributed by atoms with Crippen molar-refractivity contribution in [2.45, 2.75) is 43.3 Å². The normalized spacial score (nSPS) is 20.2. The molecule has 1 aromatic carbocycles. The van der Waals surface area contributed by atoms with Gasteiger partial charge in [-0.1, -0.05) is 30.3 Å². The summed E-state index contributed by atoms with van der Waals surface area (Å²) in [4.78, 5) is 0. The third-order valence-corrected chi connectivity index (χ3v) is 4.32. The summed E-state index contributed by atoms with van der Waals surface area (Å²) in [5.41, 5.74) is 3.25. The summed E-state index contributed by atoms with van der Waals surface area (Å²) < 4.78 is 43.1. The maximum Gasteiger partial charge on any atom is 0.389 e. The molecule has 0 spiro atoms. The fourth-order valence-electron chi connectivity index (χ4n) is 3.17.